The molecule has 0 bridgehead atoms. The number of amides is 1. The van der Waals surface area contributed by atoms with Gasteiger partial charge in [-0.05, 0) is 24.1 Å². The van der Waals surface area contributed by atoms with Gasteiger partial charge in [-0.2, -0.15) is 0 Å². The van der Waals surface area contributed by atoms with Gasteiger partial charge >= 0.3 is 0 Å². The number of halogens is 1. The van der Waals surface area contributed by atoms with Crippen LogP contribution < -0.4 is 0 Å². The maximum Gasteiger partial charge on any atom is 0.237 e. The molecule has 2 heterocycles. The fourth-order valence-corrected chi connectivity index (χ4v) is 3.13. The lowest BCUT2D eigenvalue weighted by Crippen LogP contribution is -2.44. The molecular weight excluding hydrogens is 287 g/mol. The van der Waals surface area contributed by atoms with Gasteiger partial charge in [-0.25, -0.2) is 4.39 Å². The Bertz CT molecular complexity index is 517. The highest BCUT2D eigenvalue weighted by molar-refractivity contribution is 5.79. The van der Waals surface area contributed by atoms with Crippen LogP contribution >= 0.6 is 0 Å². The summed E-state index contributed by atoms with van der Waals surface area (Å²) in [7, 11) is 0. The molecule has 1 aromatic carbocycles. The highest BCUT2D eigenvalue weighted by atomic mass is 19.1. The van der Waals surface area contributed by atoms with Gasteiger partial charge in [0.1, 0.15) is 5.82 Å². The van der Waals surface area contributed by atoms with Crippen LogP contribution in [-0.4, -0.2) is 66.3 Å². The summed E-state index contributed by atoms with van der Waals surface area (Å²) >= 11 is 0. The van der Waals surface area contributed by atoms with Gasteiger partial charge in [-0.15, -0.1) is 0 Å². The van der Waals surface area contributed by atoms with E-state index < -0.39 is 6.10 Å². The van der Waals surface area contributed by atoms with Gasteiger partial charge in [-0.1, -0.05) is 12.1 Å². The molecule has 3 rings (SSSR count). The molecule has 2 atom stereocenters. The molecule has 6 heteroatoms. The van der Waals surface area contributed by atoms with Crippen molar-refractivity contribution in [2.75, 3.05) is 39.4 Å². The highest BCUT2D eigenvalue weighted by Gasteiger charge is 2.35. The van der Waals surface area contributed by atoms with E-state index in [9.17, 15) is 14.3 Å². The molecule has 5 nitrogen and oxygen atoms in total. The summed E-state index contributed by atoms with van der Waals surface area (Å²) in [6.07, 6.45) is -0.0239. The topological polar surface area (TPSA) is 53.0 Å². The summed E-state index contributed by atoms with van der Waals surface area (Å²) in [6.45, 7) is 3.49. The Morgan fingerprint density at radius 1 is 1.27 bits per heavy atom. The summed E-state index contributed by atoms with van der Waals surface area (Å²) in [5.74, 6) is -0.290. The fourth-order valence-electron chi connectivity index (χ4n) is 3.13. The van der Waals surface area contributed by atoms with E-state index in [1.165, 1.54) is 12.1 Å². The monoisotopic (exact) mass is 308 g/mol. The van der Waals surface area contributed by atoms with E-state index in [-0.39, 0.29) is 17.8 Å². The lowest BCUT2D eigenvalue weighted by atomic mass is 10.0. The van der Waals surface area contributed by atoms with Crippen LogP contribution in [0.3, 0.4) is 0 Å². The third kappa shape index (κ3) is 3.45. The molecule has 1 amide bonds. The minimum Gasteiger partial charge on any atom is -0.391 e. The molecule has 0 radical (unpaired) electrons. The number of aliphatic hydroxyl groups is 1. The maximum atomic E-state index is 13.1. The van der Waals surface area contributed by atoms with Crippen molar-refractivity contribution in [2.24, 2.45) is 0 Å². The molecule has 22 heavy (non-hydrogen) atoms. The van der Waals surface area contributed by atoms with Crippen LogP contribution in [0.5, 0.6) is 0 Å². The number of hydrogen-bond acceptors (Lipinski definition) is 4. The van der Waals surface area contributed by atoms with Crippen molar-refractivity contribution >= 4 is 5.91 Å². The standard InChI is InChI=1S/C16H21FN2O3/c17-13-3-1-12(2-4-13)15-9-14(20)10-19(15)16(21)11-18-5-7-22-8-6-18/h1-4,14-15,20H,5-11H2/t14-,15-/m1/s1. The van der Waals surface area contributed by atoms with Crippen LogP contribution in [0.2, 0.25) is 0 Å². The minimum atomic E-state index is -0.524. The van der Waals surface area contributed by atoms with Crippen LogP contribution in [-0.2, 0) is 9.53 Å². The number of hydrogen-bond donors (Lipinski definition) is 1. The number of nitrogens with zero attached hydrogens (tertiary/aromatic N) is 2. The zero-order chi connectivity index (χ0) is 15.5. The van der Waals surface area contributed by atoms with E-state index in [1.807, 2.05) is 0 Å². The van der Waals surface area contributed by atoms with Gasteiger partial charge < -0.3 is 14.7 Å². The van der Waals surface area contributed by atoms with E-state index >= 15 is 0 Å². The van der Waals surface area contributed by atoms with Gasteiger partial charge in [0.15, 0.2) is 0 Å². The number of carbonyl (C=O) groups is 1. The first-order valence-electron chi connectivity index (χ1n) is 7.66. The van der Waals surface area contributed by atoms with Crippen molar-refractivity contribution in [1.82, 2.24) is 9.80 Å². The first kappa shape index (κ1) is 15.4. The number of β-amino-alcohol motifs (C(OH)–C–C–N with tert-alkyl or cyclic N) is 1. The normalized spacial score (nSPS) is 26.4. The molecule has 2 aliphatic heterocycles. The van der Waals surface area contributed by atoms with E-state index in [4.69, 9.17) is 4.74 Å². The molecule has 0 spiro atoms. The van der Waals surface area contributed by atoms with Gasteiger partial charge in [-0.3, -0.25) is 9.69 Å². The summed E-state index contributed by atoms with van der Waals surface area (Å²) < 4.78 is 18.3. The largest absolute Gasteiger partial charge is 0.391 e. The smallest absolute Gasteiger partial charge is 0.237 e. The lowest BCUT2D eigenvalue weighted by molar-refractivity contribution is -0.134. The first-order valence-corrected chi connectivity index (χ1v) is 7.66. The van der Waals surface area contributed by atoms with Crippen molar-refractivity contribution in [3.05, 3.63) is 35.6 Å². The minimum absolute atomic E-state index is 0.00720. The zero-order valence-corrected chi connectivity index (χ0v) is 12.4. The predicted molar refractivity (Wildman–Crippen MR) is 78.7 cm³/mol. The van der Waals surface area contributed by atoms with Crippen molar-refractivity contribution in [3.63, 3.8) is 0 Å². The molecule has 0 aromatic heterocycles. The van der Waals surface area contributed by atoms with E-state index in [2.05, 4.69) is 4.90 Å². The highest BCUT2D eigenvalue weighted by Crippen LogP contribution is 2.32. The number of carbonyl (C=O) groups excluding carboxylic acids is 1. The van der Waals surface area contributed by atoms with Crippen LogP contribution in [0.25, 0.3) is 0 Å². The van der Waals surface area contributed by atoms with Crippen LogP contribution in [0.15, 0.2) is 24.3 Å². The van der Waals surface area contributed by atoms with Gasteiger partial charge in [0.05, 0.1) is 31.9 Å². The van der Waals surface area contributed by atoms with Gasteiger partial charge in [0, 0.05) is 19.6 Å². The summed E-state index contributed by atoms with van der Waals surface area (Å²) in [6, 6.07) is 5.99. The van der Waals surface area contributed by atoms with E-state index in [0.717, 1.165) is 18.7 Å². The maximum absolute atomic E-state index is 13.1. The molecular formula is C16H21FN2O3. The second-order valence-corrected chi connectivity index (χ2v) is 5.89. The van der Waals surface area contributed by atoms with Crippen LogP contribution in [0, 0.1) is 5.82 Å². The van der Waals surface area contributed by atoms with Crippen LogP contribution in [0.4, 0.5) is 4.39 Å². The molecule has 2 fully saturated rings. The fraction of sp³-hybridized carbons (Fsp3) is 0.562. The Morgan fingerprint density at radius 2 is 1.95 bits per heavy atom. The number of ether oxygens (including phenoxy) is 1. The predicted octanol–water partition coefficient (Wildman–Crippen LogP) is 0.792. The molecule has 1 N–H and O–H groups in total. The number of rotatable bonds is 3. The summed E-state index contributed by atoms with van der Waals surface area (Å²) in [4.78, 5) is 16.4. The van der Waals surface area contributed by atoms with Crippen molar-refractivity contribution in [1.29, 1.82) is 0 Å². The quantitative estimate of drug-likeness (QED) is 0.897. The molecule has 2 aliphatic rings. The number of aliphatic hydroxyl groups excluding tert-OH is 1. The van der Waals surface area contributed by atoms with E-state index in [0.29, 0.717) is 32.7 Å². The molecule has 1 aromatic rings. The second kappa shape index (κ2) is 6.73. The van der Waals surface area contributed by atoms with Crippen molar-refractivity contribution in [3.8, 4) is 0 Å². The second-order valence-electron chi connectivity index (χ2n) is 5.89. The molecule has 2 saturated heterocycles. The van der Waals surface area contributed by atoms with E-state index in [1.54, 1.807) is 17.0 Å². The third-order valence-corrected chi connectivity index (χ3v) is 4.32. The number of morpholine rings is 1. The summed E-state index contributed by atoms with van der Waals surface area (Å²) in [5, 5.41) is 9.94. The Kier molecular flexibility index (Phi) is 4.71. The Hall–Kier alpha value is -1.50. The third-order valence-electron chi connectivity index (χ3n) is 4.32. The van der Waals surface area contributed by atoms with Gasteiger partial charge in [0.25, 0.3) is 0 Å². The Labute approximate surface area is 129 Å². The van der Waals surface area contributed by atoms with Crippen molar-refractivity contribution < 1.29 is 19.0 Å². The molecule has 0 unspecified atom stereocenters. The SMILES string of the molecule is O=C(CN1CCOCC1)N1C[C@H](O)C[C@@H]1c1ccc(F)cc1. The average molecular weight is 308 g/mol. The lowest BCUT2D eigenvalue weighted by Gasteiger charge is -2.30. The van der Waals surface area contributed by atoms with Gasteiger partial charge in [0.2, 0.25) is 5.91 Å². The number of likely N-dealkylation sites (tertiary alicyclic amines) is 1. The molecule has 120 valence electrons. The van der Waals surface area contributed by atoms with Crippen LogP contribution in [0.1, 0.15) is 18.0 Å². The molecule has 0 saturated carbocycles. The molecule has 0 aliphatic carbocycles. The zero-order valence-electron chi connectivity index (χ0n) is 12.4. The average Bonchev–Trinajstić information content (AvgIpc) is 2.91. The first-order chi connectivity index (χ1) is 10.6. The summed E-state index contributed by atoms with van der Waals surface area (Å²) in [5.41, 5.74) is 0.869. The van der Waals surface area contributed by atoms with Crippen molar-refractivity contribution in [2.45, 2.75) is 18.6 Å². The Balaban J connectivity index is 1.69. The number of benzene rings is 1. The Morgan fingerprint density at radius 3 is 2.64 bits per heavy atom.